The van der Waals surface area contributed by atoms with Crippen molar-refractivity contribution in [2.75, 3.05) is 33.3 Å². The average Bonchev–Trinajstić information content (AvgIpc) is 3.00. The summed E-state index contributed by atoms with van der Waals surface area (Å²) in [5.41, 5.74) is 1.77. The Morgan fingerprint density at radius 3 is 2.05 bits per heavy atom. The van der Waals surface area contributed by atoms with Crippen LogP contribution in [0.25, 0.3) is 0 Å². The minimum atomic E-state index is -3.49. The van der Waals surface area contributed by atoms with Gasteiger partial charge in [0.15, 0.2) is 0 Å². The number of methoxy groups -OCH3 is 1. The summed E-state index contributed by atoms with van der Waals surface area (Å²) in [6.07, 6.45) is 14.5. The molecule has 1 fully saturated rings. The van der Waals surface area contributed by atoms with E-state index in [1.165, 1.54) is 57.8 Å². The van der Waals surface area contributed by atoms with E-state index in [-0.39, 0.29) is 5.91 Å². The maximum absolute atomic E-state index is 13.0. The first-order valence-electron chi connectivity index (χ1n) is 15.6. The van der Waals surface area contributed by atoms with Crippen molar-refractivity contribution in [3.8, 4) is 5.75 Å². The number of rotatable bonds is 19. The Morgan fingerprint density at radius 1 is 0.878 bits per heavy atom. The van der Waals surface area contributed by atoms with Gasteiger partial charge in [0.1, 0.15) is 5.75 Å². The van der Waals surface area contributed by atoms with E-state index in [9.17, 15) is 13.2 Å². The zero-order valence-corrected chi connectivity index (χ0v) is 26.0. The van der Waals surface area contributed by atoms with Gasteiger partial charge in [0.25, 0.3) is 5.91 Å². The molecule has 2 aromatic rings. The molecule has 227 valence electrons. The molecular formula is C33H50N3O4S. The molecule has 0 aliphatic carbocycles. The van der Waals surface area contributed by atoms with Crippen molar-refractivity contribution in [1.29, 1.82) is 0 Å². The first kappa shape index (κ1) is 33.1. The number of carbonyl (C=O) groups excluding carboxylic acids is 1. The number of hydrogen-bond donors (Lipinski definition) is 1. The summed E-state index contributed by atoms with van der Waals surface area (Å²) in [4.78, 5) is 12.8. The second-order valence-corrected chi connectivity index (χ2v) is 13.2. The fourth-order valence-corrected chi connectivity index (χ4v) is 6.75. The summed E-state index contributed by atoms with van der Waals surface area (Å²) in [5, 5.41) is 7.78. The fourth-order valence-electron chi connectivity index (χ4n) is 5.28. The molecule has 0 aromatic heterocycles. The number of ether oxygens (including phenoxy) is 1. The van der Waals surface area contributed by atoms with Crippen molar-refractivity contribution >= 4 is 15.9 Å². The van der Waals surface area contributed by atoms with Gasteiger partial charge in [-0.3, -0.25) is 4.79 Å². The molecule has 1 saturated heterocycles. The summed E-state index contributed by atoms with van der Waals surface area (Å²) >= 11 is 0. The van der Waals surface area contributed by atoms with E-state index in [2.05, 4.69) is 12.2 Å². The van der Waals surface area contributed by atoms with E-state index in [4.69, 9.17) is 10.1 Å². The van der Waals surface area contributed by atoms with Gasteiger partial charge >= 0.3 is 0 Å². The van der Waals surface area contributed by atoms with Crippen LogP contribution >= 0.6 is 0 Å². The maximum Gasteiger partial charge on any atom is 0.251 e. The molecule has 2 aromatic carbocycles. The smallest absolute Gasteiger partial charge is 0.251 e. The molecule has 8 heteroatoms. The summed E-state index contributed by atoms with van der Waals surface area (Å²) in [5.74, 6) is 1.01. The third kappa shape index (κ3) is 11.4. The van der Waals surface area contributed by atoms with Crippen molar-refractivity contribution in [3.05, 3.63) is 59.7 Å². The zero-order valence-electron chi connectivity index (χ0n) is 25.2. The van der Waals surface area contributed by atoms with E-state index in [0.29, 0.717) is 41.8 Å². The molecule has 1 heterocycles. The van der Waals surface area contributed by atoms with Crippen LogP contribution in [0.1, 0.15) is 99.9 Å². The Hall–Kier alpha value is -2.42. The van der Waals surface area contributed by atoms with Crippen LogP contribution in [0.4, 0.5) is 0 Å². The topological polar surface area (TPSA) is 89.8 Å². The van der Waals surface area contributed by atoms with Gasteiger partial charge in [-0.2, -0.15) is 4.31 Å². The van der Waals surface area contributed by atoms with Crippen LogP contribution in [0.3, 0.4) is 0 Å². The van der Waals surface area contributed by atoms with E-state index in [1.807, 2.05) is 24.3 Å². The Bertz CT molecular complexity index is 1110. The number of hydrogen-bond acceptors (Lipinski definition) is 4. The molecular weight excluding hydrogens is 534 g/mol. The standard InChI is InChI=1S/C33H50N3O4S/c1-3-4-5-6-7-8-9-10-11-12-23-35-33(37)30-15-13-28(14-16-30)26-34-27-29-21-24-36(25-22-29)41(38,39)32-19-17-31(40-2)18-20-32/h13-20,29H,3-12,21-27H2,1-2H3,(H,35,37). The highest BCUT2D eigenvalue weighted by Crippen LogP contribution is 2.25. The molecule has 0 unspecified atom stereocenters. The number of benzene rings is 2. The first-order valence-corrected chi connectivity index (χ1v) is 17.0. The lowest BCUT2D eigenvalue weighted by Gasteiger charge is -2.31. The monoisotopic (exact) mass is 584 g/mol. The third-order valence-electron chi connectivity index (χ3n) is 7.98. The molecule has 1 radical (unpaired) electrons. The highest BCUT2D eigenvalue weighted by Gasteiger charge is 2.29. The van der Waals surface area contributed by atoms with Crippen molar-refractivity contribution in [2.45, 2.75) is 95.4 Å². The van der Waals surface area contributed by atoms with Crippen molar-refractivity contribution in [1.82, 2.24) is 14.9 Å². The number of amides is 1. The number of nitrogens with one attached hydrogen (secondary N) is 1. The van der Waals surface area contributed by atoms with Crippen LogP contribution < -0.4 is 15.4 Å². The molecule has 1 aliphatic rings. The molecule has 0 saturated carbocycles. The number of piperidine rings is 1. The minimum absolute atomic E-state index is 0.0132. The van der Waals surface area contributed by atoms with Crippen molar-refractivity contribution in [2.24, 2.45) is 5.92 Å². The molecule has 0 bridgehead atoms. The largest absolute Gasteiger partial charge is 0.497 e. The van der Waals surface area contributed by atoms with Gasteiger partial charge in [0.05, 0.1) is 12.0 Å². The average molecular weight is 585 g/mol. The van der Waals surface area contributed by atoms with Crippen LogP contribution in [0.2, 0.25) is 0 Å². The van der Waals surface area contributed by atoms with E-state index in [0.717, 1.165) is 37.9 Å². The third-order valence-corrected chi connectivity index (χ3v) is 9.90. The van der Waals surface area contributed by atoms with Crippen LogP contribution in [0.5, 0.6) is 5.75 Å². The SMILES string of the molecule is CCCCCCCCCCCCNC(=O)c1ccc(C[N]CC2CCN(S(=O)(=O)c3ccc(OC)cc3)CC2)cc1. The quantitative estimate of drug-likeness (QED) is 0.190. The zero-order chi connectivity index (χ0) is 29.3. The Labute approximate surface area is 248 Å². The highest BCUT2D eigenvalue weighted by molar-refractivity contribution is 7.89. The van der Waals surface area contributed by atoms with E-state index in [1.54, 1.807) is 35.7 Å². The molecule has 1 aliphatic heterocycles. The maximum atomic E-state index is 13.0. The van der Waals surface area contributed by atoms with Crippen LogP contribution in [0.15, 0.2) is 53.4 Å². The fraction of sp³-hybridized carbons (Fsp3) is 0.606. The van der Waals surface area contributed by atoms with Crippen LogP contribution in [0, 0.1) is 5.92 Å². The summed E-state index contributed by atoms with van der Waals surface area (Å²) in [6.45, 7) is 5.33. The predicted octanol–water partition coefficient (Wildman–Crippen LogP) is 6.55. The second-order valence-electron chi connectivity index (χ2n) is 11.2. The Balaban J connectivity index is 1.26. The van der Waals surface area contributed by atoms with Crippen molar-refractivity contribution < 1.29 is 17.9 Å². The van der Waals surface area contributed by atoms with E-state index >= 15 is 0 Å². The van der Waals surface area contributed by atoms with Crippen molar-refractivity contribution in [3.63, 3.8) is 0 Å². The lowest BCUT2D eigenvalue weighted by atomic mass is 9.98. The number of nitrogens with zero attached hydrogens (tertiary/aromatic N) is 2. The molecule has 1 amide bonds. The molecule has 41 heavy (non-hydrogen) atoms. The number of sulfonamides is 1. The molecule has 1 N–H and O–H groups in total. The molecule has 0 atom stereocenters. The van der Waals surface area contributed by atoms with Crippen LogP contribution in [-0.2, 0) is 16.6 Å². The second kappa shape index (κ2) is 18.2. The van der Waals surface area contributed by atoms with Gasteiger partial charge in [-0.15, -0.1) is 0 Å². The van der Waals surface area contributed by atoms with Gasteiger partial charge in [0, 0.05) is 38.3 Å². The lowest BCUT2D eigenvalue weighted by molar-refractivity contribution is 0.0953. The van der Waals surface area contributed by atoms with E-state index < -0.39 is 10.0 Å². The van der Waals surface area contributed by atoms with Crippen LogP contribution in [-0.4, -0.2) is 51.9 Å². The number of carbonyl (C=O) groups is 1. The summed E-state index contributed by atoms with van der Waals surface area (Å²) in [7, 11) is -1.92. The number of unbranched alkanes of at least 4 members (excludes halogenated alkanes) is 9. The predicted molar refractivity (Wildman–Crippen MR) is 166 cm³/mol. The van der Waals surface area contributed by atoms with Gasteiger partial charge < -0.3 is 10.1 Å². The summed E-state index contributed by atoms with van der Waals surface area (Å²) < 4.78 is 32.6. The molecule has 3 rings (SSSR count). The highest BCUT2D eigenvalue weighted by atomic mass is 32.2. The van der Waals surface area contributed by atoms with Gasteiger partial charge in [0.2, 0.25) is 10.0 Å². The lowest BCUT2D eigenvalue weighted by Crippen LogP contribution is -2.40. The van der Waals surface area contributed by atoms with Gasteiger partial charge in [-0.1, -0.05) is 76.8 Å². The normalized spacial score (nSPS) is 14.7. The Kier molecular flexibility index (Phi) is 14.7. The first-order chi connectivity index (χ1) is 19.9. The molecule has 0 spiro atoms. The van der Waals surface area contributed by atoms with Gasteiger partial charge in [-0.05, 0) is 67.1 Å². The Morgan fingerprint density at radius 2 is 1.46 bits per heavy atom. The van der Waals surface area contributed by atoms with Gasteiger partial charge in [-0.25, -0.2) is 13.7 Å². The minimum Gasteiger partial charge on any atom is -0.497 e. The summed E-state index contributed by atoms with van der Waals surface area (Å²) in [6, 6.07) is 14.3. The molecule has 7 nitrogen and oxygen atoms in total.